The highest BCUT2D eigenvalue weighted by atomic mass is 32.1. The van der Waals surface area contributed by atoms with E-state index in [9.17, 15) is 0 Å². The van der Waals surface area contributed by atoms with E-state index in [0.29, 0.717) is 6.10 Å². The molecule has 5 heteroatoms. The Morgan fingerprint density at radius 3 is 2.95 bits per heavy atom. The van der Waals surface area contributed by atoms with Crippen molar-refractivity contribution >= 4 is 27.4 Å². The summed E-state index contributed by atoms with van der Waals surface area (Å²) in [6.07, 6.45) is 4.99. The highest BCUT2D eigenvalue weighted by Crippen LogP contribution is 2.38. The third kappa shape index (κ3) is 2.09. The van der Waals surface area contributed by atoms with Gasteiger partial charge in [0.1, 0.15) is 17.0 Å². The molecule has 0 spiro atoms. The number of hydrogen-bond acceptors (Lipinski definition) is 5. The quantitative estimate of drug-likeness (QED) is 0.852. The van der Waals surface area contributed by atoms with E-state index in [1.807, 2.05) is 0 Å². The van der Waals surface area contributed by atoms with E-state index in [-0.39, 0.29) is 6.10 Å². The summed E-state index contributed by atoms with van der Waals surface area (Å²) in [4.78, 5) is 12.5. The summed E-state index contributed by atoms with van der Waals surface area (Å²) in [7, 11) is 0. The van der Waals surface area contributed by atoms with Crippen LogP contribution in [0.2, 0.25) is 0 Å². The Kier molecular flexibility index (Phi) is 2.93. The Hall–Kier alpha value is -1.20. The molecule has 0 radical (unpaired) electrons. The number of nitrogens with zero attached hydrogens (tertiary/aromatic N) is 3. The summed E-state index contributed by atoms with van der Waals surface area (Å²) in [5, 5.41) is 3.40. The summed E-state index contributed by atoms with van der Waals surface area (Å²) >= 11 is 1.70. The molecule has 1 aliphatic heterocycles. The number of hydrogen-bond donors (Lipinski definition) is 0. The highest BCUT2D eigenvalue weighted by molar-refractivity contribution is 7.17. The van der Waals surface area contributed by atoms with Crippen LogP contribution in [0.1, 0.15) is 25.3 Å². The number of morpholine rings is 1. The third-order valence-electron chi connectivity index (χ3n) is 4.27. The fraction of sp³-hybridized carbons (Fsp3) is 0.600. The van der Waals surface area contributed by atoms with Crippen LogP contribution in [0.5, 0.6) is 0 Å². The van der Waals surface area contributed by atoms with E-state index < -0.39 is 0 Å². The van der Waals surface area contributed by atoms with Gasteiger partial charge in [0.25, 0.3) is 0 Å². The van der Waals surface area contributed by atoms with Crippen LogP contribution >= 0.6 is 11.3 Å². The van der Waals surface area contributed by atoms with Gasteiger partial charge in [-0.2, -0.15) is 0 Å². The summed E-state index contributed by atoms with van der Waals surface area (Å²) in [6, 6.07) is 0. The summed E-state index contributed by atoms with van der Waals surface area (Å²) < 4.78 is 6.10. The largest absolute Gasteiger partial charge is 0.371 e. The van der Waals surface area contributed by atoms with Gasteiger partial charge in [-0.15, -0.1) is 11.3 Å². The number of fused-ring (bicyclic) bond motifs is 1. The zero-order chi connectivity index (χ0) is 13.7. The molecule has 2 aliphatic rings. The molecule has 2 aromatic heterocycles. The lowest BCUT2D eigenvalue weighted by Crippen LogP contribution is -2.48. The van der Waals surface area contributed by atoms with E-state index in [1.54, 1.807) is 17.7 Å². The van der Waals surface area contributed by atoms with Crippen molar-refractivity contribution in [3.05, 3.63) is 17.3 Å². The Balaban J connectivity index is 1.72. The minimum Gasteiger partial charge on any atom is -0.371 e. The number of ether oxygens (including phenoxy) is 1. The second-order valence-corrected chi connectivity index (χ2v) is 6.88. The molecule has 1 aliphatic carbocycles. The number of aryl methyl sites for hydroxylation is 1. The maximum absolute atomic E-state index is 6.10. The van der Waals surface area contributed by atoms with E-state index in [4.69, 9.17) is 4.74 Å². The Bertz CT molecular complexity index is 637. The molecule has 2 fully saturated rings. The molecule has 4 rings (SSSR count). The molecule has 0 amide bonds. The number of aromatic nitrogens is 2. The molecule has 0 unspecified atom stereocenters. The van der Waals surface area contributed by atoms with Crippen LogP contribution in [-0.4, -0.2) is 35.3 Å². The molecule has 0 N–H and O–H groups in total. The normalized spacial score (nSPS) is 27.2. The van der Waals surface area contributed by atoms with Crippen molar-refractivity contribution in [2.45, 2.75) is 38.9 Å². The van der Waals surface area contributed by atoms with Crippen molar-refractivity contribution in [1.29, 1.82) is 0 Å². The van der Waals surface area contributed by atoms with Gasteiger partial charge in [-0.3, -0.25) is 0 Å². The van der Waals surface area contributed by atoms with Crippen molar-refractivity contribution in [3.63, 3.8) is 0 Å². The summed E-state index contributed by atoms with van der Waals surface area (Å²) in [5.74, 6) is 1.86. The van der Waals surface area contributed by atoms with Crippen LogP contribution in [-0.2, 0) is 4.74 Å². The predicted octanol–water partition coefficient (Wildman–Crippen LogP) is 3.00. The maximum Gasteiger partial charge on any atom is 0.141 e. The Morgan fingerprint density at radius 1 is 1.30 bits per heavy atom. The molecular formula is C15H19N3OS. The monoisotopic (exact) mass is 289 g/mol. The molecule has 2 aromatic rings. The van der Waals surface area contributed by atoms with Gasteiger partial charge >= 0.3 is 0 Å². The van der Waals surface area contributed by atoms with Crippen molar-refractivity contribution in [2.75, 3.05) is 18.0 Å². The van der Waals surface area contributed by atoms with Gasteiger partial charge in [0.15, 0.2) is 0 Å². The van der Waals surface area contributed by atoms with Crippen molar-refractivity contribution in [2.24, 2.45) is 5.92 Å². The lowest BCUT2D eigenvalue weighted by atomic mass is 10.1. The second kappa shape index (κ2) is 4.67. The molecule has 20 heavy (non-hydrogen) atoms. The minimum absolute atomic E-state index is 0.276. The van der Waals surface area contributed by atoms with Gasteiger partial charge in [-0.05, 0) is 43.6 Å². The van der Waals surface area contributed by atoms with Crippen LogP contribution in [0.3, 0.4) is 0 Å². The van der Waals surface area contributed by atoms with Crippen LogP contribution in [0.4, 0.5) is 5.82 Å². The first-order valence-corrected chi connectivity index (χ1v) is 8.19. The molecule has 1 saturated heterocycles. The smallest absolute Gasteiger partial charge is 0.141 e. The first-order valence-electron chi connectivity index (χ1n) is 7.31. The van der Waals surface area contributed by atoms with Crippen molar-refractivity contribution in [3.8, 4) is 0 Å². The Morgan fingerprint density at radius 2 is 2.15 bits per heavy atom. The van der Waals surface area contributed by atoms with Crippen LogP contribution in [0, 0.1) is 12.8 Å². The summed E-state index contributed by atoms with van der Waals surface area (Å²) in [5.41, 5.74) is 1.28. The van der Waals surface area contributed by atoms with E-state index in [2.05, 4.69) is 34.1 Å². The number of anilines is 1. The molecular weight excluding hydrogens is 270 g/mol. The fourth-order valence-corrected chi connectivity index (χ4v) is 4.01. The van der Waals surface area contributed by atoms with Gasteiger partial charge in [0.05, 0.1) is 17.6 Å². The zero-order valence-electron chi connectivity index (χ0n) is 11.9. The zero-order valence-corrected chi connectivity index (χ0v) is 12.7. The van der Waals surface area contributed by atoms with Crippen LogP contribution < -0.4 is 4.90 Å². The van der Waals surface area contributed by atoms with Crippen LogP contribution in [0.15, 0.2) is 11.7 Å². The Labute approximate surface area is 122 Å². The van der Waals surface area contributed by atoms with E-state index in [0.717, 1.165) is 29.7 Å². The van der Waals surface area contributed by atoms with E-state index >= 15 is 0 Å². The average molecular weight is 289 g/mol. The molecule has 2 atom stereocenters. The SMILES string of the molecule is Cc1csc2ncnc(N3C[C@H](C)O[C@@H](C4CC4)C3)c12. The lowest BCUT2D eigenvalue weighted by molar-refractivity contribution is -0.0272. The average Bonchev–Trinajstić information content (AvgIpc) is 3.23. The van der Waals surface area contributed by atoms with Gasteiger partial charge in [0.2, 0.25) is 0 Å². The molecule has 0 bridgehead atoms. The van der Waals surface area contributed by atoms with E-state index in [1.165, 1.54) is 23.8 Å². The minimum atomic E-state index is 0.276. The van der Waals surface area contributed by atoms with Gasteiger partial charge in [-0.25, -0.2) is 9.97 Å². The number of thiophene rings is 1. The van der Waals surface area contributed by atoms with Crippen molar-refractivity contribution in [1.82, 2.24) is 9.97 Å². The molecule has 0 aromatic carbocycles. The molecule has 4 nitrogen and oxygen atoms in total. The first-order chi connectivity index (χ1) is 9.72. The third-order valence-corrected chi connectivity index (χ3v) is 5.27. The first kappa shape index (κ1) is 12.5. The van der Waals surface area contributed by atoms with Gasteiger partial charge < -0.3 is 9.64 Å². The van der Waals surface area contributed by atoms with Gasteiger partial charge in [-0.1, -0.05) is 0 Å². The predicted molar refractivity (Wildman–Crippen MR) is 81.4 cm³/mol. The van der Waals surface area contributed by atoms with Gasteiger partial charge in [0, 0.05) is 13.1 Å². The lowest BCUT2D eigenvalue weighted by Gasteiger charge is -2.38. The standard InChI is InChI=1S/C15H19N3OS/c1-9-7-20-15-13(9)14(16-8-17-15)18-5-10(2)19-12(6-18)11-3-4-11/h7-8,10-12H,3-6H2,1-2H3/t10-,12+/m0/s1. The maximum atomic E-state index is 6.10. The number of rotatable bonds is 2. The summed E-state index contributed by atoms with van der Waals surface area (Å²) in [6.45, 7) is 6.20. The molecule has 106 valence electrons. The molecule has 3 heterocycles. The topological polar surface area (TPSA) is 38.2 Å². The highest BCUT2D eigenvalue weighted by Gasteiger charge is 2.38. The second-order valence-electron chi connectivity index (χ2n) is 6.02. The fourth-order valence-electron chi connectivity index (χ4n) is 3.13. The van der Waals surface area contributed by atoms with Crippen molar-refractivity contribution < 1.29 is 4.74 Å². The molecule has 1 saturated carbocycles. The van der Waals surface area contributed by atoms with Crippen LogP contribution in [0.25, 0.3) is 10.2 Å².